The number of primary amides is 2. The molecule has 0 atom stereocenters. The molecule has 0 aliphatic carbocycles. The quantitative estimate of drug-likeness (QED) is 0.530. The summed E-state index contributed by atoms with van der Waals surface area (Å²) >= 11 is 0. The number of hydrogen-bond acceptors (Lipinski definition) is 6. The maximum Gasteiger partial charge on any atom is 0.508 e. The number of hydrogen-bond donors (Lipinski definition) is 2. The highest BCUT2D eigenvalue weighted by Gasteiger charge is 2.19. The van der Waals surface area contributed by atoms with Crippen molar-refractivity contribution in [3.63, 3.8) is 0 Å². The molecule has 64 valence electrons. The molecule has 0 fully saturated rings. The minimum Gasteiger partial charge on any atom is -0.334 e. The van der Waals surface area contributed by atoms with Gasteiger partial charge in [0.15, 0.2) is 0 Å². The lowest BCUT2D eigenvalue weighted by molar-refractivity contribution is 0.189. The summed E-state index contributed by atoms with van der Waals surface area (Å²) in [5.41, 5.74) is 8.56. The summed E-state index contributed by atoms with van der Waals surface area (Å²) in [7, 11) is -4.73. The predicted octanol–water partition coefficient (Wildman–Crippen LogP) is -1.58. The van der Waals surface area contributed by atoms with Crippen molar-refractivity contribution in [2.75, 3.05) is 0 Å². The maximum absolute atomic E-state index is 10.2. The van der Waals surface area contributed by atoms with Crippen LogP contribution in [-0.2, 0) is 18.8 Å². The van der Waals surface area contributed by atoms with Crippen LogP contribution in [0.1, 0.15) is 0 Å². The van der Waals surface area contributed by atoms with Gasteiger partial charge in [-0.15, -0.1) is 8.42 Å². The fourth-order valence-electron chi connectivity index (χ4n) is 0.218. The van der Waals surface area contributed by atoms with Crippen molar-refractivity contribution in [2.24, 2.45) is 11.5 Å². The molecule has 0 saturated carbocycles. The average molecular weight is 184 g/mol. The first-order chi connectivity index (χ1) is 4.83. The minimum atomic E-state index is -4.73. The molecular weight excluding hydrogens is 180 g/mol. The van der Waals surface area contributed by atoms with Gasteiger partial charge in [-0.3, -0.25) is 8.37 Å². The van der Waals surface area contributed by atoms with Crippen LogP contribution in [0.5, 0.6) is 0 Å². The lowest BCUT2D eigenvalue weighted by Crippen LogP contribution is -2.25. The van der Waals surface area contributed by atoms with E-state index in [0.717, 1.165) is 0 Å². The standard InChI is InChI=1S/C2H4N2O6S/c3-1(5)9-11(7,8)10-2(4)6/h(H2,3,5)(H2,4,6). The molecule has 0 bridgehead atoms. The van der Waals surface area contributed by atoms with Gasteiger partial charge in [-0.25, -0.2) is 9.59 Å². The Kier molecular flexibility index (Phi) is 2.63. The minimum absolute atomic E-state index is 1.62. The van der Waals surface area contributed by atoms with E-state index in [4.69, 9.17) is 0 Å². The van der Waals surface area contributed by atoms with Gasteiger partial charge in [0.05, 0.1) is 0 Å². The zero-order valence-electron chi connectivity index (χ0n) is 5.01. The van der Waals surface area contributed by atoms with E-state index < -0.39 is 22.6 Å². The molecule has 8 nitrogen and oxygen atoms in total. The van der Waals surface area contributed by atoms with Crippen LogP contribution in [0.3, 0.4) is 0 Å². The molecule has 0 saturated heterocycles. The van der Waals surface area contributed by atoms with Gasteiger partial charge in [0, 0.05) is 0 Å². The fraction of sp³-hybridized carbons (Fsp3) is 0. The Balaban J connectivity index is 4.25. The highest BCUT2D eigenvalue weighted by Crippen LogP contribution is 1.93. The Morgan fingerprint density at radius 3 is 1.45 bits per heavy atom. The highest BCUT2D eigenvalue weighted by molar-refractivity contribution is 7.82. The van der Waals surface area contributed by atoms with E-state index in [-0.39, 0.29) is 0 Å². The van der Waals surface area contributed by atoms with Crippen molar-refractivity contribution in [2.45, 2.75) is 0 Å². The van der Waals surface area contributed by atoms with Crippen LogP contribution < -0.4 is 11.5 Å². The normalized spacial score (nSPS) is 10.2. The van der Waals surface area contributed by atoms with Crippen molar-refractivity contribution in [1.29, 1.82) is 0 Å². The number of amides is 2. The summed E-state index contributed by atoms with van der Waals surface area (Å²) in [4.78, 5) is 19.6. The largest absolute Gasteiger partial charge is 0.508 e. The van der Waals surface area contributed by atoms with Crippen LogP contribution in [0.2, 0.25) is 0 Å². The number of carbonyl (C=O) groups is 2. The third-order valence-electron chi connectivity index (χ3n) is 0.368. The molecule has 2 amide bonds. The molecule has 0 aromatic heterocycles. The molecule has 9 heteroatoms. The molecule has 0 aliphatic heterocycles. The van der Waals surface area contributed by atoms with E-state index >= 15 is 0 Å². The van der Waals surface area contributed by atoms with E-state index in [1.807, 2.05) is 0 Å². The van der Waals surface area contributed by atoms with Crippen molar-refractivity contribution in [3.05, 3.63) is 0 Å². The Morgan fingerprint density at radius 2 is 1.27 bits per heavy atom. The molecule has 0 rings (SSSR count). The predicted molar refractivity (Wildman–Crippen MR) is 30.3 cm³/mol. The van der Waals surface area contributed by atoms with Crippen LogP contribution in [0.25, 0.3) is 0 Å². The Hall–Kier alpha value is -1.51. The second-order valence-corrected chi connectivity index (χ2v) is 2.36. The number of carbonyl (C=O) groups excluding carboxylic acids is 2. The van der Waals surface area contributed by atoms with E-state index in [2.05, 4.69) is 19.8 Å². The molecule has 4 N–H and O–H groups in total. The second kappa shape index (κ2) is 3.05. The molecule has 0 aliphatic rings. The summed E-state index contributed by atoms with van der Waals surface area (Å²) in [5.74, 6) is 0. The summed E-state index contributed by atoms with van der Waals surface area (Å²) in [6.07, 6.45) is -3.24. The second-order valence-electron chi connectivity index (χ2n) is 1.21. The van der Waals surface area contributed by atoms with Gasteiger partial charge in [-0.05, 0) is 0 Å². The first-order valence-electron chi connectivity index (χ1n) is 2.06. The number of nitrogens with two attached hydrogens (primary N) is 2. The highest BCUT2D eigenvalue weighted by atomic mass is 32.3. The van der Waals surface area contributed by atoms with Crippen molar-refractivity contribution in [1.82, 2.24) is 0 Å². The van der Waals surface area contributed by atoms with Crippen molar-refractivity contribution >= 4 is 22.6 Å². The smallest absolute Gasteiger partial charge is 0.334 e. The van der Waals surface area contributed by atoms with Gasteiger partial charge >= 0.3 is 22.6 Å². The zero-order valence-corrected chi connectivity index (χ0v) is 5.83. The van der Waals surface area contributed by atoms with E-state index in [1.54, 1.807) is 0 Å². The lowest BCUT2D eigenvalue weighted by Gasteiger charge is -1.98. The topological polar surface area (TPSA) is 139 Å². The summed E-state index contributed by atoms with van der Waals surface area (Å²) in [6, 6.07) is 0. The molecule has 11 heavy (non-hydrogen) atoms. The SMILES string of the molecule is NC(=O)OS(=O)(=O)OC(N)=O. The van der Waals surface area contributed by atoms with Gasteiger partial charge < -0.3 is 11.5 Å². The molecule has 0 aromatic carbocycles. The third kappa shape index (κ3) is 4.96. The van der Waals surface area contributed by atoms with Gasteiger partial charge in [0.25, 0.3) is 0 Å². The Bertz CT molecular complexity index is 244. The van der Waals surface area contributed by atoms with Crippen LogP contribution in [0.4, 0.5) is 9.59 Å². The first kappa shape index (κ1) is 9.49. The van der Waals surface area contributed by atoms with Crippen LogP contribution in [0, 0.1) is 0 Å². The molecule has 0 radical (unpaired) electrons. The zero-order chi connectivity index (χ0) is 9.07. The van der Waals surface area contributed by atoms with Gasteiger partial charge in [0.2, 0.25) is 0 Å². The van der Waals surface area contributed by atoms with Gasteiger partial charge in [-0.1, -0.05) is 0 Å². The summed E-state index contributed by atoms with van der Waals surface area (Å²) in [5, 5.41) is 0. The lowest BCUT2D eigenvalue weighted by atomic mass is 11.3. The molecule has 0 aromatic rings. The van der Waals surface area contributed by atoms with Crippen molar-refractivity contribution < 1.29 is 26.4 Å². The van der Waals surface area contributed by atoms with Gasteiger partial charge in [0.1, 0.15) is 0 Å². The average Bonchev–Trinajstić information content (AvgIpc) is 1.53. The molecule has 0 heterocycles. The van der Waals surface area contributed by atoms with Crippen LogP contribution in [-0.4, -0.2) is 20.6 Å². The molecule has 0 unspecified atom stereocenters. The first-order valence-corrected chi connectivity index (χ1v) is 3.39. The van der Waals surface area contributed by atoms with Gasteiger partial charge in [-0.2, -0.15) is 0 Å². The Labute approximate surface area is 61.4 Å². The third-order valence-corrected chi connectivity index (χ3v) is 1.11. The monoisotopic (exact) mass is 184 g/mol. The fourth-order valence-corrected chi connectivity index (χ4v) is 0.655. The van der Waals surface area contributed by atoms with E-state index in [9.17, 15) is 18.0 Å². The molecular formula is C2H4N2O6S. The maximum atomic E-state index is 10.2. The molecule has 0 spiro atoms. The van der Waals surface area contributed by atoms with E-state index in [1.165, 1.54) is 0 Å². The number of rotatable bonds is 2. The summed E-state index contributed by atoms with van der Waals surface area (Å²) < 4.78 is 27.1. The van der Waals surface area contributed by atoms with Crippen LogP contribution in [0.15, 0.2) is 0 Å². The Morgan fingerprint density at radius 1 is 1.00 bits per heavy atom. The summed E-state index contributed by atoms with van der Waals surface area (Å²) in [6.45, 7) is 0. The van der Waals surface area contributed by atoms with Crippen molar-refractivity contribution in [3.8, 4) is 0 Å². The van der Waals surface area contributed by atoms with E-state index in [0.29, 0.717) is 0 Å². The van der Waals surface area contributed by atoms with Crippen LogP contribution >= 0.6 is 0 Å².